The van der Waals surface area contributed by atoms with Crippen molar-refractivity contribution in [1.82, 2.24) is 9.97 Å². The van der Waals surface area contributed by atoms with Crippen LogP contribution >= 0.6 is 11.8 Å². The summed E-state index contributed by atoms with van der Waals surface area (Å²) in [5.41, 5.74) is 6.41. The summed E-state index contributed by atoms with van der Waals surface area (Å²) >= 11 is 1.40. The van der Waals surface area contributed by atoms with Gasteiger partial charge in [-0.25, -0.2) is 4.98 Å². The average molecular weight is 277 g/mol. The molecule has 0 aliphatic rings. The third-order valence-electron chi connectivity index (χ3n) is 2.32. The quantitative estimate of drug-likeness (QED) is 0.495. The highest BCUT2D eigenvalue weighted by atomic mass is 32.2. The van der Waals surface area contributed by atoms with Crippen molar-refractivity contribution in [3.8, 4) is 5.75 Å². The van der Waals surface area contributed by atoms with Gasteiger partial charge in [-0.15, -0.1) is 0 Å². The molecule has 0 fully saturated rings. The van der Waals surface area contributed by atoms with Gasteiger partial charge in [0.25, 0.3) is 5.56 Å². The zero-order valence-corrected chi connectivity index (χ0v) is 11.4. The number of hydrogen-bond donors (Lipinski definition) is 2. The molecule has 0 aliphatic carbocycles. The van der Waals surface area contributed by atoms with E-state index < -0.39 is 0 Å². The Morgan fingerprint density at radius 1 is 1.42 bits per heavy atom. The summed E-state index contributed by atoms with van der Waals surface area (Å²) in [5, 5.41) is 0.512. The highest BCUT2D eigenvalue weighted by Crippen LogP contribution is 2.15. The predicted molar refractivity (Wildman–Crippen MR) is 76.7 cm³/mol. The number of hydrogen-bond acceptors (Lipinski definition) is 5. The molecule has 2 aromatic rings. The van der Waals surface area contributed by atoms with Gasteiger partial charge in [0.15, 0.2) is 5.16 Å². The summed E-state index contributed by atoms with van der Waals surface area (Å²) < 4.78 is 5.60. The van der Waals surface area contributed by atoms with Crippen molar-refractivity contribution in [2.75, 3.05) is 18.1 Å². The van der Waals surface area contributed by atoms with Crippen molar-refractivity contribution in [2.45, 2.75) is 12.1 Å². The first kappa shape index (κ1) is 13.5. The Balaban J connectivity index is 1.82. The molecule has 0 aliphatic heterocycles. The molecule has 0 bridgehead atoms. The van der Waals surface area contributed by atoms with Crippen LogP contribution in [0.1, 0.15) is 5.56 Å². The first-order valence-electron chi connectivity index (χ1n) is 5.82. The van der Waals surface area contributed by atoms with Crippen LogP contribution < -0.4 is 16.0 Å². The number of nitrogens with one attached hydrogen (secondary N) is 1. The minimum atomic E-state index is -0.241. The zero-order valence-electron chi connectivity index (χ0n) is 10.6. The maximum absolute atomic E-state index is 11.2. The summed E-state index contributed by atoms with van der Waals surface area (Å²) in [5.74, 6) is 1.75. The first-order chi connectivity index (χ1) is 9.13. The molecule has 0 spiro atoms. The van der Waals surface area contributed by atoms with Gasteiger partial charge < -0.3 is 15.5 Å². The molecule has 0 atom stereocenters. The van der Waals surface area contributed by atoms with E-state index in [9.17, 15) is 4.79 Å². The van der Waals surface area contributed by atoms with Gasteiger partial charge in [0.2, 0.25) is 0 Å². The lowest BCUT2D eigenvalue weighted by molar-refractivity contribution is 0.343. The topological polar surface area (TPSA) is 81.0 Å². The number of nitrogen functional groups attached to an aromatic ring is 1. The molecule has 1 aromatic carbocycles. The van der Waals surface area contributed by atoms with E-state index >= 15 is 0 Å². The van der Waals surface area contributed by atoms with Gasteiger partial charge >= 0.3 is 0 Å². The summed E-state index contributed by atoms with van der Waals surface area (Å²) in [6.07, 6.45) is 0. The molecule has 0 amide bonds. The van der Waals surface area contributed by atoms with Crippen LogP contribution in [-0.4, -0.2) is 22.3 Å². The van der Waals surface area contributed by atoms with Gasteiger partial charge in [0, 0.05) is 11.8 Å². The van der Waals surface area contributed by atoms with E-state index in [2.05, 4.69) is 9.97 Å². The number of aromatic nitrogens is 2. The lowest BCUT2D eigenvalue weighted by atomic mass is 10.2. The van der Waals surface area contributed by atoms with Crippen LogP contribution in [0.25, 0.3) is 0 Å². The number of nitrogens with two attached hydrogens (primary N) is 1. The van der Waals surface area contributed by atoms with Crippen LogP contribution in [0.15, 0.2) is 40.3 Å². The Bertz CT molecular complexity index is 613. The van der Waals surface area contributed by atoms with E-state index in [0.717, 1.165) is 11.3 Å². The maximum atomic E-state index is 11.2. The lowest BCUT2D eigenvalue weighted by Gasteiger charge is -2.06. The van der Waals surface area contributed by atoms with Crippen LogP contribution in [0.5, 0.6) is 5.75 Å². The van der Waals surface area contributed by atoms with E-state index in [-0.39, 0.29) is 11.4 Å². The largest absolute Gasteiger partial charge is 0.493 e. The normalized spacial score (nSPS) is 10.4. The van der Waals surface area contributed by atoms with Gasteiger partial charge in [-0.1, -0.05) is 23.9 Å². The van der Waals surface area contributed by atoms with Gasteiger partial charge in [0.05, 0.1) is 6.61 Å². The number of aryl methyl sites for hydroxylation is 1. The Kier molecular flexibility index (Phi) is 4.46. The monoisotopic (exact) mass is 277 g/mol. The number of benzene rings is 1. The molecule has 100 valence electrons. The fraction of sp³-hybridized carbons (Fsp3) is 0.231. The van der Waals surface area contributed by atoms with E-state index in [4.69, 9.17) is 10.5 Å². The minimum absolute atomic E-state index is 0.228. The Labute approximate surface area is 115 Å². The molecule has 5 nitrogen and oxygen atoms in total. The molecule has 19 heavy (non-hydrogen) atoms. The molecule has 1 heterocycles. The Morgan fingerprint density at radius 2 is 2.26 bits per heavy atom. The van der Waals surface area contributed by atoms with Crippen molar-refractivity contribution in [3.63, 3.8) is 0 Å². The second-order valence-electron chi connectivity index (χ2n) is 3.99. The molecule has 0 unspecified atom stereocenters. The number of ether oxygens (including phenoxy) is 1. The molecule has 0 saturated heterocycles. The van der Waals surface area contributed by atoms with Crippen LogP contribution in [-0.2, 0) is 0 Å². The van der Waals surface area contributed by atoms with Crippen molar-refractivity contribution < 1.29 is 4.74 Å². The van der Waals surface area contributed by atoms with E-state index in [1.807, 2.05) is 31.2 Å². The number of H-pyrrole nitrogens is 1. The average Bonchev–Trinajstić information content (AvgIpc) is 2.34. The van der Waals surface area contributed by atoms with Crippen molar-refractivity contribution in [3.05, 3.63) is 46.2 Å². The van der Waals surface area contributed by atoms with Crippen LogP contribution in [0.4, 0.5) is 5.82 Å². The molecular formula is C13H15N3O2S. The van der Waals surface area contributed by atoms with Crippen molar-refractivity contribution >= 4 is 17.6 Å². The second kappa shape index (κ2) is 6.29. The van der Waals surface area contributed by atoms with Crippen LogP contribution in [0.3, 0.4) is 0 Å². The van der Waals surface area contributed by atoms with Gasteiger partial charge in [-0.05, 0) is 24.6 Å². The highest BCUT2D eigenvalue weighted by Gasteiger charge is 2.00. The number of thioether (sulfide) groups is 1. The minimum Gasteiger partial charge on any atom is -0.493 e. The molecule has 0 radical (unpaired) electrons. The van der Waals surface area contributed by atoms with Crippen LogP contribution in [0, 0.1) is 6.92 Å². The first-order valence-corrected chi connectivity index (χ1v) is 6.81. The fourth-order valence-corrected chi connectivity index (χ4v) is 2.23. The molecule has 3 N–H and O–H groups in total. The van der Waals surface area contributed by atoms with Gasteiger partial charge in [0.1, 0.15) is 11.6 Å². The number of anilines is 1. The molecular weight excluding hydrogens is 262 g/mol. The fourth-order valence-electron chi connectivity index (χ4n) is 1.52. The summed E-state index contributed by atoms with van der Waals surface area (Å²) in [4.78, 5) is 17.8. The van der Waals surface area contributed by atoms with Crippen molar-refractivity contribution in [2.24, 2.45) is 0 Å². The molecule has 0 saturated carbocycles. The SMILES string of the molecule is Cc1cccc(OCCSc2nc(N)cc(=O)[nH]2)c1. The van der Waals surface area contributed by atoms with Gasteiger partial charge in [-0.3, -0.25) is 4.79 Å². The van der Waals surface area contributed by atoms with Crippen molar-refractivity contribution in [1.29, 1.82) is 0 Å². The lowest BCUT2D eigenvalue weighted by Crippen LogP contribution is -2.10. The smallest absolute Gasteiger partial charge is 0.253 e. The highest BCUT2D eigenvalue weighted by molar-refractivity contribution is 7.99. The summed E-state index contributed by atoms with van der Waals surface area (Å²) in [6.45, 7) is 2.55. The Hall–Kier alpha value is -1.95. The molecule has 1 aromatic heterocycles. The zero-order chi connectivity index (χ0) is 13.7. The number of nitrogens with zero attached hydrogens (tertiary/aromatic N) is 1. The van der Waals surface area contributed by atoms with E-state index in [1.54, 1.807) is 0 Å². The predicted octanol–water partition coefficient (Wildman–Crippen LogP) is 1.83. The third-order valence-corrected chi connectivity index (χ3v) is 3.16. The second-order valence-corrected chi connectivity index (χ2v) is 5.07. The molecule has 2 rings (SSSR count). The number of rotatable bonds is 5. The molecule has 6 heteroatoms. The summed E-state index contributed by atoms with van der Waals surface area (Å²) in [6, 6.07) is 9.12. The standard InChI is InChI=1S/C13H15N3O2S/c1-9-3-2-4-10(7-9)18-5-6-19-13-15-11(14)8-12(17)16-13/h2-4,7-8H,5-6H2,1H3,(H3,14,15,16,17). The third kappa shape index (κ3) is 4.33. The van der Waals surface area contributed by atoms with Gasteiger partial charge in [-0.2, -0.15) is 0 Å². The summed E-state index contributed by atoms with van der Waals surface area (Å²) in [7, 11) is 0. The maximum Gasteiger partial charge on any atom is 0.253 e. The van der Waals surface area contributed by atoms with E-state index in [0.29, 0.717) is 17.5 Å². The Morgan fingerprint density at radius 3 is 3.00 bits per heavy atom. The van der Waals surface area contributed by atoms with Crippen LogP contribution in [0.2, 0.25) is 0 Å². The van der Waals surface area contributed by atoms with E-state index in [1.165, 1.54) is 17.8 Å². The number of aromatic amines is 1.